The first-order chi connectivity index (χ1) is 17.4. The van der Waals surface area contributed by atoms with Gasteiger partial charge in [-0.25, -0.2) is 0 Å². The van der Waals surface area contributed by atoms with E-state index < -0.39 is 16.3 Å². The second kappa shape index (κ2) is 10.6. The Morgan fingerprint density at radius 3 is 1.44 bits per heavy atom. The molecular formula is C26H26N2O6S2. The predicted octanol–water partition coefficient (Wildman–Crippen LogP) is 4.59. The smallest absolute Gasteiger partial charge is 0.286 e. The maximum atomic E-state index is 11.8. The first-order valence-electron chi connectivity index (χ1n) is 12.0. The summed E-state index contributed by atoms with van der Waals surface area (Å²) < 4.78 is 12.8. The summed E-state index contributed by atoms with van der Waals surface area (Å²) in [5, 5.41) is 3.24. The summed E-state index contributed by atoms with van der Waals surface area (Å²) in [6, 6.07) is 15.2. The fourth-order valence-electron chi connectivity index (χ4n) is 4.62. The molecular weight excluding hydrogens is 500 g/mol. The average Bonchev–Trinajstić information content (AvgIpc) is 3.35. The summed E-state index contributed by atoms with van der Waals surface area (Å²) in [5.74, 6) is 0.105. The molecule has 2 atom stereocenters. The molecule has 2 heterocycles. The Hall–Kier alpha value is -2.98. The predicted molar refractivity (Wildman–Crippen MR) is 137 cm³/mol. The van der Waals surface area contributed by atoms with Gasteiger partial charge >= 0.3 is 0 Å². The quantitative estimate of drug-likeness (QED) is 0.481. The Bertz CT molecular complexity index is 1080. The Morgan fingerprint density at radius 1 is 0.667 bits per heavy atom. The molecule has 0 bridgehead atoms. The number of hydrogen-bond acceptors (Lipinski definition) is 8. The summed E-state index contributed by atoms with van der Waals surface area (Å²) in [4.78, 5) is 46.5. The monoisotopic (exact) mass is 526 g/mol. The number of benzene rings is 2. The van der Waals surface area contributed by atoms with Crippen LogP contribution in [-0.2, 0) is 22.4 Å². The maximum Gasteiger partial charge on any atom is 0.286 e. The molecule has 188 valence electrons. The molecule has 0 radical (unpaired) electrons. The van der Waals surface area contributed by atoms with Crippen LogP contribution in [0.5, 0.6) is 11.5 Å². The Labute approximate surface area is 217 Å². The highest BCUT2D eigenvalue weighted by Crippen LogP contribution is 2.36. The zero-order valence-electron chi connectivity index (χ0n) is 19.5. The molecule has 2 unspecified atom stereocenters. The standard InChI is InChI=1S/C26H26N2O6S2/c29-22-20(35-24(31)27-22)14-16-4-8-18(9-5-16)33-26(12-2-1-3-13-26)34-19-10-6-17(7-11-19)15-21-23(30)28-25(32)36-21/h4-11,20-21H,1-3,12-15H2,(H,27,29,31)(H,28,30,32). The van der Waals surface area contributed by atoms with E-state index in [0.29, 0.717) is 24.3 Å². The van der Waals surface area contributed by atoms with Crippen LogP contribution < -0.4 is 20.1 Å². The van der Waals surface area contributed by atoms with Gasteiger partial charge in [-0.2, -0.15) is 0 Å². The van der Waals surface area contributed by atoms with Crippen molar-refractivity contribution in [3.05, 3.63) is 59.7 Å². The first kappa shape index (κ1) is 24.7. The number of carbonyl (C=O) groups excluding carboxylic acids is 4. The van der Waals surface area contributed by atoms with E-state index in [0.717, 1.165) is 66.8 Å². The van der Waals surface area contributed by atoms with Crippen LogP contribution in [0.4, 0.5) is 9.59 Å². The minimum Gasteiger partial charge on any atom is -0.452 e. The van der Waals surface area contributed by atoms with Gasteiger partial charge in [-0.05, 0) is 61.1 Å². The van der Waals surface area contributed by atoms with Crippen LogP contribution in [0.15, 0.2) is 48.5 Å². The van der Waals surface area contributed by atoms with Gasteiger partial charge in [-0.15, -0.1) is 0 Å². The summed E-state index contributed by atoms with van der Waals surface area (Å²) in [6.45, 7) is 0. The molecule has 2 aromatic carbocycles. The van der Waals surface area contributed by atoms with Gasteiger partial charge in [0.2, 0.25) is 11.8 Å². The molecule has 3 fully saturated rings. The lowest BCUT2D eigenvalue weighted by molar-refractivity contribution is -0.137. The van der Waals surface area contributed by atoms with Gasteiger partial charge in [0.15, 0.2) is 0 Å². The molecule has 5 rings (SSSR count). The van der Waals surface area contributed by atoms with Crippen molar-refractivity contribution in [1.29, 1.82) is 0 Å². The highest BCUT2D eigenvalue weighted by atomic mass is 32.2. The highest BCUT2D eigenvalue weighted by Gasteiger charge is 2.37. The minimum atomic E-state index is -0.775. The van der Waals surface area contributed by atoms with Crippen molar-refractivity contribution >= 4 is 45.8 Å². The number of thioether (sulfide) groups is 2. The second-order valence-corrected chi connectivity index (χ2v) is 11.5. The van der Waals surface area contributed by atoms with Crippen molar-refractivity contribution in [1.82, 2.24) is 10.6 Å². The van der Waals surface area contributed by atoms with Crippen LogP contribution in [0, 0.1) is 0 Å². The van der Waals surface area contributed by atoms with Crippen LogP contribution in [0.25, 0.3) is 0 Å². The van der Waals surface area contributed by atoms with Crippen molar-refractivity contribution in [2.45, 2.75) is 61.2 Å². The van der Waals surface area contributed by atoms with Gasteiger partial charge in [0.05, 0.1) is 10.5 Å². The third kappa shape index (κ3) is 5.87. The second-order valence-electron chi connectivity index (χ2n) is 9.14. The Kier molecular flexibility index (Phi) is 7.25. The largest absolute Gasteiger partial charge is 0.452 e. The van der Waals surface area contributed by atoms with E-state index in [1.54, 1.807) is 0 Å². The number of amides is 4. The fourth-order valence-corrected chi connectivity index (χ4v) is 6.33. The lowest BCUT2D eigenvalue weighted by Gasteiger charge is -2.37. The van der Waals surface area contributed by atoms with Gasteiger partial charge in [0.25, 0.3) is 16.3 Å². The summed E-state index contributed by atoms with van der Waals surface area (Å²) in [6.07, 6.45) is 5.61. The molecule has 2 saturated heterocycles. The highest BCUT2D eigenvalue weighted by molar-refractivity contribution is 8.15. The SMILES string of the molecule is O=C1NC(=O)C(Cc2ccc(OC3(Oc4ccc(CC5SC(=O)NC5=O)cc4)CCCCC3)cc2)S1. The molecule has 1 saturated carbocycles. The van der Waals surface area contributed by atoms with Gasteiger partial charge in [-0.3, -0.25) is 29.8 Å². The van der Waals surface area contributed by atoms with E-state index in [4.69, 9.17) is 9.47 Å². The molecule has 0 aromatic heterocycles. The van der Waals surface area contributed by atoms with Gasteiger partial charge in [0, 0.05) is 12.8 Å². The zero-order chi connectivity index (χ0) is 25.1. The van der Waals surface area contributed by atoms with Crippen molar-refractivity contribution in [3.8, 4) is 11.5 Å². The van der Waals surface area contributed by atoms with E-state index in [9.17, 15) is 19.2 Å². The number of carbonyl (C=O) groups is 4. The van der Waals surface area contributed by atoms with Crippen LogP contribution in [0.2, 0.25) is 0 Å². The molecule has 10 heteroatoms. The van der Waals surface area contributed by atoms with E-state index in [-0.39, 0.29) is 22.3 Å². The van der Waals surface area contributed by atoms with E-state index >= 15 is 0 Å². The molecule has 36 heavy (non-hydrogen) atoms. The van der Waals surface area contributed by atoms with E-state index in [1.165, 1.54) is 0 Å². The van der Waals surface area contributed by atoms with Crippen molar-refractivity contribution < 1.29 is 28.7 Å². The number of hydrogen-bond donors (Lipinski definition) is 2. The van der Waals surface area contributed by atoms with E-state index in [1.807, 2.05) is 48.5 Å². The van der Waals surface area contributed by atoms with Crippen molar-refractivity contribution in [3.63, 3.8) is 0 Å². The van der Waals surface area contributed by atoms with Crippen molar-refractivity contribution in [2.75, 3.05) is 0 Å². The molecule has 3 aliphatic rings. The van der Waals surface area contributed by atoms with Crippen LogP contribution in [-0.4, -0.2) is 38.6 Å². The molecule has 2 aromatic rings. The lowest BCUT2D eigenvalue weighted by atomic mass is 9.93. The fraction of sp³-hybridized carbons (Fsp3) is 0.385. The summed E-state index contributed by atoms with van der Waals surface area (Å²) in [7, 11) is 0. The van der Waals surface area contributed by atoms with Gasteiger partial charge in [-0.1, -0.05) is 54.2 Å². The van der Waals surface area contributed by atoms with Crippen molar-refractivity contribution in [2.24, 2.45) is 0 Å². The lowest BCUT2D eigenvalue weighted by Crippen LogP contribution is -2.44. The van der Waals surface area contributed by atoms with Crippen LogP contribution in [0.1, 0.15) is 43.2 Å². The van der Waals surface area contributed by atoms with Gasteiger partial charge in [0.1, 0.15) is 11.5 Å². The molecule has 8 nitrogen and oxygen atoms in total. The number of imide groups is 2. The molecule has 4 amide bonds. The summed E-state index contributed by atoms with van der Waals surface area (Å²) in [5.41, 5.74) is 1.91. The first-order valence-corrected chi connectivity index (χ1v) is 13.7. The number of rotatable bonds is 8. The maximum absolute atomic E-state index is 11.8. The topological polar surface area (TPSA) is 111 Å². The normalized spacial score (nSPS) is 23.3. The third-order valence-corrected chi connectivity index (χ3v) is 8.41. The molecule has 2 aliphatic heterocycles. The summed E-state index contributed by atoms with van der Waals surface area (Å²) >= 11 is 2.05. The zero-order valence-corrected chi connectivity index (χ0v) is 21.1. The third-order valence-electron chi connectivity index (χ3n) is 6.45. The Balaban J connectivity index is 1.23. The van der Waals surface area contributed by atoms with Crippen LogP contribution >= 0.6 is 23.5 Å². The molecule has 2 N–H and O–H groups in total. The van der Waals surface area contributed by atoms with Gasteiger partial charge < -0.3 is 9.47 Å². The van der Waals surface area contributed by atoms with E-state index in [2.05, 4.69) is 10.6 Å². The number of ether oxygens (including phenoxy) is 2. The van der Waals surface area contributed by atoms with Crippen LogP contribution in [0.3, 0.4) is 0 Å². The molecule has 0 spiro atoms. The Morgan fingerprint density at radius 2 is 1.08 bits per heavy atom. The number of nitrogens with one attached hydrogen (secondary N) is 2. The molecule has 1 aliphatic carbocycles. The average molecular weight is 527 g/mol. The minimum absolute atomic E-state index is 0.246.